The van der Waals surface area contributed by atoms with Crippen LogP contribution in [0.2, 0.25) is 0 Å². The standard InChI is InChI=1S/C20H28N4O2/c25-19(7-2-1-3-8-19)13-21-14-20(26)9-12-24(15-20)17-6-11-22-16-5-4-10-23-18(16)17/h4-6,10-11,21,25-26H,1-3,7-9,12-15H2/t20-/m1/s1. The summed E-state index contributed by atoms with van der Waals surface area (Å²) >= 11 is 0. The first-order valence-corrected chi connectivity index (χ1v) is 9.67. The van der Waals surface area contributed by atoms with E-state index in [-0.39, 0.29) is 0 Å². The number of nitrogens with zero attached hydrogens (tertiary/aromatic N) is 3. The molecule has 2 aromatic heterocycles. The van der Waals surface area contributed by atoms with Crippen LogP contribution in [0.25, 0.3) is 11.0 Å². The number of aromatic nitrogens is 2. The van der Waals surface area contributed by atoms with Gasteiger partial charge in [-0.05, 0) is 37.5 Å². The van der Waals surface area contributed by atoms with Crippen LogP contribution in [-0.2, 0) is 0 Å². The SMILES string of the molecule is OC1(CNC[C@]2(O)CCN(c3ccnc4cccnc34)C2)CCCCC1. The smallest absolute Gasteiger partial charge is 0.112 e. The summed E-state index contributed by atoms with van der Waals surface area (Å²) in [5.74, 6) is 0. The Morgan fingerprint density at radius 2 is 1.77 bits per heavy atom. The molecule has 2 aromatic rings. The highest BCUT2D eigenvalue weighted by molar-refractivity contribution is 5.87. The van der Waals surface area contributed by atoms with Gasteiger partial charge in [0.2, 0.25) is 0 Å². The van der Waals surface area contributed by atoms with Gasteiger partial charge in [-0.3, -0.25) is 9.97 Å². The number of fused-ring (bicyclic) bond motifs is 1. The van der Waals surface area contributed by atoms with Crippen molar-refractivity contribution in [3.63, 3.8) is 0 Å². The fourth-order valence-electron chi connectivity index (χ4n) is 4.34. The van der Waals surface area contributed by atoms with Crippen LogP contribution in [0.4, 0.5) is 5.69 Å². The molecule has 1 atom stereocenters. The first-order valence-electron chi connectivity index (χ1n) is 9.67. The summed E-state index contributed by atoms with van der Waals surface area (Å²) in [6, 6.07) is 5.82. The van der Waals surface area contributed by atoms with Crippen LogP contribution in [0, 0.1) is 0 Å². The van der Waals surface area contributed by atoms with Crippen LogP contribution < -0.4 is 10.2 Å². The highest BCUT2D eigenvalue weighted by atomic mass is 16.3. The highest BCUT2D eigenvalue weighted by Gasteiger charge is 2.37. The van der Waals surface area contributed by atoms with Crippen molar-refractivity contribution < 1.29 is 10.2 Å². The first kappa shape index (κ1) is 17.6. The van der Waals surface area contributed by atoms with Crippen molar-refractivity contribution in [2.45, 2.75) is 49.7 Å². The van der Waals surface area contributed by atoms with Crippen LogP contribution >= 0.6 is 0 Å². The lowest BCUT2D eigenvalue weighted by atomic mass is 9.85. The monoisotopic (exact) mass is 356 g/mol. The quantitative estimate of drug-likeness (QED) is 0.759. The Hall–Kier alpha value is -1.76. The molecule has 1 aliphatic carbocycles. The summed E-state index contributed by atoms with van der Waals surface area (Å²) in [5.41, 5.74) is 1.40. The van der Waals surface area contributed by atoms with E-state index in [4.69, 9.17) is 0 Å². The van der Waals surface area contributed by atoms with Crippen molar-refractivity contribution in [3.05, 3.63) is 30.6 Å². The van der Waals surface area contributed by atoms with E-state index >= 15 is 0 Å². The maximum atomic E-state index is 11.0. The number of pyridine rings is 2. The molecule has 140 valence electrons. The Kier molecular flexibility index (Phi) is 4.82. The van der Waals surface area contributed by atoms with Gasteiger partial charge < -0.3 is 20.4 Å². The molecule has 0 unspecified atom stereocenters. The minimum Gasteiger partial charge on any atom is -0.389 e. The fourth-order valence-corrected chi connectivity index (χ4v) is 4.34. The third-order valence-corrected chi connectivity index (χ3v) is 5.84. The van der Waals surface area contributed by atoms with E-state index < -0.39 is 11.2 Å². The van der Waals surface area contributed by atoms with Crippen molar-refractivity contribution in [2.24, 2.45) is 0 Å². The maximum absolute atomic E-state index is 11.0. The van der Waals surface area contributed by atoms with Gasteiger partial charge in [-0.25, -0.2) is 0 Å². The molecule has 1 aliphatic heterocycles. The lowest BCUT2D eigenvalue weighted by Crippen LogP contribution is -2.49. The number of β-amino-alcohol motifs (C(OH)–C–C–N with tert-alkyl or cyclic N) is 1. The van der Waals surface area contributed by atoms with Crippen molar-refractivity contribution in [3.8, 4) is 0 Å². The van der Waals surface area contributed by atoms with Gasteiger partial charge in [0.25, 0.3) is 0 Å². The fraction of sp³-hybridized carbons (Fsp3) is 0.600. The summed E-state index contributed by atoms with van der Waals surface area (Å²) < 4.78 is 0. The molecule has 1 saturated carbocycles. The van der Waals surface area contributed by atoms with Gasteiger partial charge in [0.05, 0.1) is 22.4 Å². The molecule has 6 nitrogen and oxygen atoms in total. The Morgan fingerprint density at radius 1 is 0.962 bits per heavy atom. The Balaban J connectivity index is 1.39. The molecular weight excluding hydrogens is 328 g/mol. The Labute approximate surface area is 154 Å². The van der Waals surface area contributed by atoms with E-state index in [9.17, 15) is 10.2 Å². The molecule has 1 saturated heterocycles. The summed E-state index contributed by atoms with van der Waals surface area (Å²) in [6.45, 7) is 2.42. The van der Waals surface area contributed by atoms with Crippen molar-refractivity contribution in [2.75, 3.05) is 31.1 Å². The van der Waals surface area contributed by atoms with Crippen LogP contribution in [0.15, 0.2) is 30.6 Å². The van der Waals surface area contributed by atoms with E-state index in [0.717, 1.165) is 48.9 Å². The number of rotatable bonds is 5. The zero-order valence-electron chi connectivity index (χ0n) is 15.2. The predicted molar refractivity (Wildman–Crippen MR) is 102 cm³/mol. The molecule has 2 fully saturated rings. The summed E-state index contributed by atoms with van der Waals surface area (Å²) in [5, 5.41) is 24.9. The van der Waals surface area contributed by atoms with Gasteiger partial charge in [0.1, 0.15) is 5.52 Å². The van der Waals surface area contributed by atoms with Crippen molar-refractivity contribution in [1.29, 1.82) is 0 Å². The second-order valence-electron chi connectivity index (χ2n) is 7.99. The molecule has 0 amide bonds. The van der Waals surface area contributed by atoms with Gasteiger partial charge in [-0.2, -0.15) is 0 Å². The highest BCUT2D eigenvalue weighted by Crippen LogP contribution is 2.31. The zero-order chi connectivity index (χ0) is 18.0. The molecule has 3 N–H and O–H groups in total. The van der Waals surface area contributed by atoms with E-state index in [1.807, 2.05) is 18.2 Å². The van der Waals surface area contributed by atoms with Gasteiger partial charge in [-0.1, -0.05) is 19.3 Å². The second-order valence-corrected chi connectivity index (χ2v) is 7.99. The van der Waals surface area contributed by atoms with Crippen LogP contribution in [-0.4, -0.2) is 57.6 Å². The predicted octanol–water partition coefficient (Wildman–Crippen LogP) is 1.86. The number of nitrogens with one attached hydrogen (secondary N) is 1. The average molecular weight is 356 g/mol. The summed E-state index contributed by atoms with van der Waals surface area (Å²) in [4.78, 5) is 11.0. The summed E-state index contributed by atoms with van der Waals surface area (Å²) in [7, 11) is 0. The van der Waals surface area contributed by atoms with Crippen molar-refractivity contribution in [1.82, 2.24) is 15.3 Å². The molecule has 3 heterocycles. The molecule has 0 aromatic carbocycles. The Bertz CT molecular complexity index is 757. The van der Waals surface area contributed by atoms with Crippen LogP contribution in [0.5, 0.6) is 0 Å². The van der Waals surface area contributed by atoms with Gasteiger partial charge >= 0.3 is 0 Å². The third-order valence-electron chi connectivity index (χ3n) is 5.84. The number of hydrogen-bond donors (Lipinski definition) is 3. The van der Waals surface area contributed by atoms with E-state index in [2.05, 4.69) is 20.2 Å². The molecule has 0 bridgehead atoms. The van der Waals surface area contributed by atoms with Crippen LogP contribution in [0.3, 0.4) is 0 Å². The van der Waals surface area contributed by atoms with Gasteiger partial charge in [0.15, 0.2) is 0 Å². The minimum atomic E-state index is -0.782. The number of anilines is 1. The van der Waals surface area contributed by atoms with E-state index in [1.165, 1.54) is 6.42 Å². The molecule has 26 heavy (non-hydrogen) atoms. The van der Waals surface area contributed by atoms with E-state index in [1.54, 1.807) is 12.4 Å². The third kappa shape index (κ3) is 3.68. The minimum absolute atomic E-state index is 0.502. The molecule has 4 rings (SSSR count). The number of hydrogen-bond acceptors (Lipinski definition) is 6. The summed E-state index contributed by atoms with van der Waals surface area (Å²) in [6.07, 6.45) is 9.41. The largest absolute Gasteiger partial charge is 0.389 e. The normalized spacial score (nSPS) is 25.7. The molecular formula is C20H28N4O2. The molecule has 6 heteroatoms. The molecule has 0 spiro atoms. The van der Waals surface area contributed by atoms with Gasteiger partial charge in [0, 0.05) is 38.6 Å². The van der Waals surface area contributed by atoms with E-state index in [0.29, 0.717) is 26.1 Å². The lowest BCUT2D eigenvalue weighted by Gasteiger charge is -2.33. The molecule has 2 aliphatic rings. The lowest BCUT2D eigenvalue weighted by molar-refractivity contribution is -0.00337. The maximum Gasteiger partial charge on any atom is 0.112 e. The van der Waals surface area contributed by atoms with Gasteiger partial charge in [-0.15, -0.1) is 0 Å². The second kappa shape index (κ2) is 7.10. The average Bonchev–Trinajstić information content (AvgIpc) is 3.04. The Morgan fingerprint density at radius 3 is 2.62 bits per heavy atom. The molecule has 0 radical (unpaired) electrons. The first-order chi connectivity index (χ1) is 12.6. The van der Waals surface area contributed by atoms with Crippen LogP contribution in [0.1, 0.15) is 38.5 Å². The topological polar surface area (TPSA) is 81.5 Å². The zero-order valence-corrected chi connectivity index (χ0v) is 15.2. The van der Waals surface area contributed by atoms with Crippen molar-refractivity contribution >= 4 is 16.7 Å². The number of aliphatic hydroxyl groups is 2.